The Hall–Kier alpha value is -1.98. The van der Waals surface area contributed by atoms with Crippen LogP contribution in [0.4, 0.5) is 0 Å². The maximum absolute atomic E-state index is 5.82. The van der Waals surface area contributed by atoms with Crippen molar-refractivity contribution in [1.29, 1.82) is 0 Å². The summed E-state index contributed by atoms with van der Waals surface area (Å²) in [5.74, 6) is 0. The van der Waals surface area contributed by atoms with Gasteiger partial charge in [0.2, 0.25) is 0 Å². The van der Waals surface area contributed by atoms with Gasteiger partial charge in [0.05, 0.1) is 11.4 Å². The SMILES string of the molecule is Cc1cc(C)cc(-n2nnc(CN)c2Cc2cccs2)c1. The van der Waals surface area contributed by atoms with Crippen LogP contribution in [-0.4, -0.2) is 15.0 Å². The van der Waals surface area contributed by atoms with Crippen LogP contribution < -0.4 is 5.73 Å². The van der Waals surface area contributed by atoms with Crippen LogP contribution in [-0.2, 0) is 13.0 Å². The molecule has 0 spiro atoms. The first kappa shape index (κ1) is 14.0. The smallest absolute Gasteiger partial charge is 0.100 e. The van der Waals surface area contributed by atoms with Crippen molar-refractivity contribution in [2.24, 2.45) is 5.73 Å². The molecule has 0 aliphatic carbocycles. The molecule has 0 amide bonds. The van der Waals surface area contributed by atoms with Crippen molar-refractivity contribution < 1.29 is 0 Å². The number of rotatable bonds is 4. The van der Waals surface area contributed by atoms with Crippen molar-refractivity contribution >= 4 is 11.3 Å². The predicted octanol–water partition coefficient (Wildman–Crippen LogP) is 3.00. The second-order valence-electron chi connectivity index (χ2n) is 5.20. The minimum atomic E-state index is 0.408. The minimum Gasteiger partial charge on any atom is -0.325 e. The summed E-state index contributed by atoms with van der Waals surface area (Å²) in [6.07, 6.45) is 0.810. The predicted molar refractivity (Wildman–Crippen MR) is 85.8 cm³/mol. The fourth-order valence-corrected chi connectivity index (χ4v) is 3.24. The number of hydrogen-bond donors (Lipinski definition) is 1. The van der Waals surface area contributed by atoms with E-state index in [1.165, 1.54) is 16.0 Å². The summed E-state index contributed by atoms with van der Waals surface area (Å²) < 4.78 is 1.92. The van der Waals surface area contributed by atoms with Crippen molar-refractivity contribution in [2.45, 2.75) is 26.8 Å². The van der Waals surface area contributed by atoms with E-state index in [0.29, 0.717) is 6.54 Å². The normalized spacial score (nSPS) is 11.0. The first-order valence-corrected chi connectivity index (χ1v) is 7.80. The molecule has 3 rings (SSSR count). The molecular weight excluding hydrogens is 280 g/mol. The Bertz CT molecular complexity index is 723. The molecule has 4 nitrogen and oxygen atoms in total. The average Bonchev–Trinajstić information content (AvgIpc) is 3.07. The number of aromatic nitrogens is 3. The quantitative estimate of drug-likeness (QED) is 0.805. The van der Waals surface area contributed by atoms with Crippen LogP contribution in [0.2, 0.25) is 0 Å². The highest BCUT2D eigenvalue weighted by atomic mass is 32.1. The van der Waals surface area contributed by atoms with Crippen molar-refractivity contribution in [3.63, 3.8) is 0 Å². The van der Waals surface area contributed by atoms with E-state index in [1.54, 1.807) is 11.3 Å². The van der Waals surface area contributed by atoms with Crippen molar-refractivity contribution in [1.82, 2.24) is 15.0 Å². The van der Waals surface area contributed by atoms with E-state index in [0.717, 1.165) is 23.5 Å². The van der Waals surface area contributed by atoms with Crippen LogP contribution in [0.15, 0.2) is 35.7 Å². The van der Waals surface area contributed by atoms with Gasteiger partial charge in [-0.2, -0.15) is 0 Å². The molecule has 1 aromatic carbocycles. The highest BCUT2D eigenvalue weighted by Gasteiger charge is 2.14. The van der Waals surface area contributed by atoms with E-state index in [1.807, 2.05) is 4.68 Å². The summed E-state index contributed by atoms with van der Waals surface area (Å²) >= 11 is 1.74. The summed E-state index contributed by atoms with van der Waals surface area (Å²) in [6, 6.07) is 10.6. The first-order chi connectivity index (χ1) is 10.2. The number of hydrogen-bond acceptors (Lipinski definition) is 4. The lowest BCUT2D eigenvalue weighted by Crippen LogP contribution is -2.07. The summed E-state index contributed by atoms with van der Waals surface area (Å²) in [5.41, 5.74) is 11.2. The molecule has 0 unspecified atom stereocenters. The van der Waals surface area contributed by atoms with Gasteiger partial charge < -0.3 is 5.73 Å². The van der Waals surface area contributed by atoms with Crippen LogP contribution in [0.1, 0.15) is 27.4 Å². The minimum absolute atomic E-state index is 0.408. The lowest BCUT2D eigenvalue weighted by molar-refractivity contribution is 0.772. The van der Waals surface area contributed by atoms with E-state index >= 15 is 0 Å². The monoisotopic (exact) mass is 298 g/mol. The number of thiophene rings is 1. The number of nitrogens with two attached hydrogens (primary N) is 1. The van der Waals surface area contributed by atoms with Crippen molar-refractivity contribution in [2.75, 3.05) is 0 Å². The molecule has 0 saturated heterocycles. The van der Waals surface area contributed by atoms with Gasteiger partial charge in [-0.25, -0.2) is 4.68 Å². The van der Waals surface area contributed by atoms with E-state index in [4.69, 9.17) is 5.73 Å². The second kappa shape index (κ2) is 5.79. The highest BCUT2D eigenvalue weighted by molar-refractivity contribution is 7.09. The van der Waals surface area contributed by atoms with Crippen molar-refractivity contribution in [3.8, 4) is 5.69 Å². The maximum Gasteiger partial charge on any atom is 0.100 e. The molecule has 21 heavy (non-hydrogen) atoms. The van der Waals surface area contributed by atoms with Gasteiger partial charge in [-0.3, -0.25) is 0 Å². The molecule has 108 valence electrons. The van der Waals surface area contributed by atoms with E-state index in [9.17, 15) is 0 Å². The Morgan fingerprint density at radius 2 is 1.95 bits per heavy atom. The third-order valence-corrected chi connectivity index (χ3v) is 4.29. The van der Waals surface area contributed by atoms with Gasteiger partial charge in [-0.1, -0.05) is 17.3 Å². The van der Waals surface area contributed by atoms with Crippen LogP contribution in [0, 0.1) is 13.8 Å². The Balaban J connectivity index is 2.07. The van der Waals surface area contributed by atoms with Crippen LogP contribution >= 0.6 is 11.3 Å². The summed E-state index contributed by atoms with van der Waals surface area (Å²) in [6.45, 7) is 4.60. The summed E-state index contributed by atoms with van der Waals surface area (Å²) in [5, 5.41) is 10.6. The highest BCUT2D eigenvalue weighted by Crippen LogP contribution is 2.21. The molecular formula is C16H18N4S. The van der Waals surface area contributed by atoms with Gasteiger partial charge in [0.15, 0.2) is 0 Å². The fraction of sp³-hybridized carbons (Fsp3) is 0.250. The molecule has 0 bridgehead atoms. The molecule has 0 fully saturated rings. The van der Waals surface area contributed by atoms with Gasteiger partial charge in [-0.15, -0.1) is 16.4 Å². The third-order valence-electron chi connectivity index (χ3n) is 3.41. The standard InChI is InChI=1S/C16H18N4S/c1-11-6-12(2)8-13(7-11)20-16(15(10-17)18-19-20)9-14-4-3-5-21-14/h3-8H,9-10,17H2,1-2H3. The second-order valence-corrected chi connectivity index (χ2v) is 6.23. The largest absolute Gasteiger partial charge is 0.325 e. The summed E-state index contributed by atoms with van der Waals surface area (Å²) in [4.78, 5) is 1.29. The Labute approximate surface area is 128 Å². The van der Waals surface area contributed by atoms with E-state index in [-0.39, 0.29) is 0 Å². The van der Waals surface area contributed by atoms with Gasteiger partial charge in [0, 0.05) is 17.8 Å². The Morgan fingerprint density at radius 3 is 2.57 bits per heavy atom. The Kier molecular flexibility index (Phi) is 3.86. The van der Waals surface area contributed by atoms with Crippen LogP contribution in [0.5, 0.6) is 0 Å². The molecule has 0 atom stereocenters. The molecule has 5 heteroatoms. The van der Waals surface area contributed by atoms with Gasteiger partial charge in [-0.05, 0) is 48.6 Å². The molecule has 0 aliphatic heterocycles. The van der Waals surface area contributed by atoms with Gasteiger partial charge in [0.1, 0.15) is 5.69 Å². The van der Waals surface area contributed by atoms with Crippen molar-refractivity contribution in [3.05, 3.63) is 63.1 Å². The molecule has 2 aromatic heterocycles. The van der Waals surface area contributed by atoms with Gasteiger partial charge >= 0.3 is 0 Å². The molecule has 0 radical (unpaired) electrons. The number of aryl methyl sites for hydroxylation is 2. The number of nitrogens with zero attached hydrogens (tertiary/aromatic N) is 3. The molecule has 0 aliphatic rings. The molecule has 2 N–H and O–H groups in total. The zero-order chi connectivity index (χ0) is 14.8. The zero-order valence-corrected chi connectivity index (χ0v) is 13.0. The van der Waals surface area contributed by atoms with E-state index < -0.39 is 0 Å². The fourth-order valence-electron chi connectivity index (χ4n) is 2.53. The molecule has 0 saturated carbocycles. The van der Waals surface area contributed by atoms with Crippen LogP contribution in [0.25, 0.3) is 5.69 Å². The maximum atomic E-state index is 5.82. The summed E-state index contributed by atoms with van der Waals surface area (Å²) in [7, 11) is 0. The lowest BCUT2D eigenvalue weighted by Gasteiger charge is -2.09. The molecule has 3 aromatic rings. The van der Waals surface area contributed by atoms with Crippen LogP contribution in [0.3, 0.4) is 0 Å². The lowest BCUT2D eigenvalue weighted by atomic mass is 10.1. The third kappa shape index (κ3) is 2.89. The number of benzene rings is 1. The Morgan fingerprint density at radius 1 is 1.19 bits per heavy atom. The van der Waals surface area contributed by atoms with Gasteiger partial charge in [0.25, 0.3) is 0 Å². The topological polar surface area (TPSA) is 56.7 Å². The zero-order valence-electron chi connectivity index (χ0n) is 12.2. The molecule has 2 heterocycles. The first-order valence-electron chi connectivity index (χ1n) is 6.92. The average molecular weight is 298 g/mol. The van der Waals surface area contributed by atoms with E-state index in [2.05, 4.69) is 59.9 Å².